The topological polar surface area (TPSA) is 99.3 Å². The Morgan fingerprint density at radius 2 is 2.24 bits per heavy atom. The first-order chi connectivity index (χ1) is 12.1. The molecule has 3 rings (SSSR count). The Morgan fingerprint density at radius 3 is 3.00 bits per heavy atom. The molecule has 8 heteroatoms. The Morgan fingerprint density at radius 1 is 1.40 bits per heavy atom. The second-order valence-electron chi connectivity index (χ2n) is 6.05. The van der Waals surface area contributed by atoms with Crippen LogP contribution in [0.15, 0.2) is 36.7 Å². The van der Waals surface area contributed by atoms with Crippen molar-refractivity contribution in [2.45, 2.75) is 38.3 Å². The predicted molar refractivity (Wildman–Crippen MR) is 91.2 cm³/mol. The number of benzene rings is 1. The molecule has 1 aromatic heterocycles. The van der Waals surface area contributed by atoms with Crippen molar-refractivity contribution in [2.24, 2.45) is 0 Å². The minimum absolute atomic E-state index is 0.0530. The van der Waals surface area contributed by atoms with Gasteiger partial charge in [0, 0.05) is 24.4 Å². The average molecular weight is 344 g/mol. The van der Waals surface area contributed by atoms with E-state index in [0.717, 1.165) is 25.9 Å². The highest BCUT2D eigenvalue weighted by atomic mass is 16.6. The summed E-state index contributed by atoms with van der Waals surface area (Å²) in [6.45, 7) is 1.44. The Hall–Kier alpha value is -2.74. The number of amides is 1. The summed E-state index contributed by atoms with van der Waals surface area (Å²) in [6, 6.07) is 6.24. The first-order valence-corrected chi connectivity index (χ1v) is 8.28. The fraction of sp³-hybridized carbons (Fsp3) is 0.412. The van der Waals surface area contributed by atoms with Crippen molar-refractivity contribution in [2.75, 3.05) is 11.9 Å². The van der Waals surface area contributed by atoms with E-state index in [1.807, 2.05) is 0 Å². The van der Waals surface area contributed by atoms with Gasteiger partial charge in [-0.25, -0.2) is 0 Å². The maximum atomic E-state index is 12.2. The van der Waals surface area contributed by atoms with Gasteiger partial charge >= 0.3 is 0 Å². The molecule has 0 radical (unpaired) electrons. The van der Waals surface area contributed by atoms with Crippen LogP contribution in [0.5, 0.6) is 0 Å². The third kappa shape index (κ3) is 4.63. The lowest BCUT2D eigenvalue weighted by Gasteiger charge is -2.22. The quantitative estimate of drug-likeness (QED) is 0.641. The van der Waals surface area contributed by atoms with Crippen molar-refractivity contribution >= 4 is 17.3 Å². The minimum Gasteiger partial charge on any atom is -0.376 e. The molecular formula is C17H20N4O4. The molecule has 1 atom stereocenters. The summed E-state index contributed by atoms with van der Waals surface area (Å²) in [4.78, 5) is 22.7. The number of nitro benzene ring substituents is 1. The summed E-state index contributed by atoms with van der Waals surface area (Å²) in [6.07, 6.45) is 6.68. The molecule has 0 aliphatic carbocycles. The van der Waals surface area contributed by atoms with Gasteiger partial charge in [-0.3, -0.25) is 19.6 Å². The van der Waals surface area contributed by atoms with E-state index in [9.17, 15) is 14.9 Å². The van der Waals surface area contributed by atoms with Crippen LogP contribution in [0.1, 0.15) is 24.8 Å². The molecule has 2 aromatic rings. The Labute approximate surface area is 144 Å². The molecule has 1 unspecified atom stereocenters. The van der Waals surface area contributed by atoms with Crippen LogP contribution in [0, 0.1) is 10.1 Å². The van der Waals surface area contributed by atoms with Crippen molar-refractivity contribution in [3.05, 3.63) is 52.3 Å². The van der Waals surface area contributed by atoms with Crippen LogP contribution in [0.4, 0.5) is 11.4 Å². The first kappa shape index (κ1) is 17.1. The second-order valence-corrected chi connectivity index (χ2v) is 6.05. The number of anilines is 1. The number of hydrogen-bond donors (Lipinski definition) is 1. The number of rotatable bonds is 6. The number of carbonyl (C=O) groups excluding carboxylic acids is 1. The molecule has 1 N–H and O–H groups in total. The highest BCUT2D eigenvalue weighted by molar-refractivity contribution is 5.92. The number of ether oxygens (including phenoxy) is 1. The van der Waals surface area contributed by atoms with Crippen LogP contribution in [0.25, 0.3) is 0 Å². The maximum absolute atomic E-state index is 12.2. The molecule has 0 spiro atoms. The lowest BCUT2D eigenvalue weighted by atomic mass is 10.1. The van der Waals surface area contributed by atoms with Gasteiger partial charge in [0.05, 0.1) is 35.9 Å². The zero-order chi connectivity index (χ0) is 17.6. The molecule has 1 aliphatic rings. The Balaban J connectivity index is 1.57. The summed E-state index contributed by atoms with van der Waals surface area (Å²) in [5.74, 6) is -0.317. The van der Waals surface area contributed by atoms with E-state index in [4.69, 9.17) is 4.74 Å². The van der Waals surface area contributed by atoms with Crippen LogP contribution < -0.4 is 5.32 Å². The lowest BCUT2D eigenvalue weighted by molar-refractivity contribution is -0.385. The fourth-order valence-corrected chi connectivity index (χ4v) is 2.90. The number of aromatic nitrogens is 2. The van der Waals surface area contributed by atoms with Gasteiger partial charge in [0.1, 0.15) is 0 Å². The van der Waals surface area contributed by atoms with Crippen LogP contribution in [-0.4, -0.2) is 33.3 Å². The van der Waals surface area contributed by atoms with Gasteiger partial charge < -0.3 is 10.1 Å². The molecule has 1 saturated heterocycles. The summed E-state index contributed by atoms with van der Waals surface area (Å²) in [7, 11) is 0. The first-order valence-electron chi connectivity index (χ1n) is 8.28. The van der Waals surface area contributed by atoms with E-state index in [-0.39, 0.29) is 24.1 Å². The van der Waals surface area contributed by atoms with Gasteiger partial charge in [0.15, 0.2) is 0 Å². The van der Waals surface area contributed by atoms with Crippen molar-refractivity contribution in [1.82, 2.24) is 9.78 Å². The summed E-state index contributed by atoms with van der Waals surface area (Å²) in [5.41, 5.74) is 0.898. The normalized spacial score (nSPS) is 17.2. The molecule has 1 fully saturated rings. The van der Waals surface area contributed by atoms with Crippen LogP contribution >= 0.6 is 0 Å². The third-order valence-electron chi connectivity index (χ3n) is 4.12. The van der Waals surface area contributed by atoms with E-state index < -0.39 is 4.92 Å². The van der Waals surface area contributed by atoms with Crippen LogP contribution in [0.3, 0.4) is 0 Å². The monoisotopic (exact) mass is 344 g/mol. The molecule has 1 aromatic carbocycles. The standard InChI is InChI=1S/C17H20N4O4/c22-17(9-13-5-1-2-7-16(13)21(23)24)19-14-10-18-20(11-14)12-15-6-3-4-8-25-15/h1-2,5,7,10-11,15H,3-4,6,8-9,12H2,(H,19,22). The number of nitro groups is 1. The van der Waals surface area contributed by atoms with Crippen LogP contribution in [-0.2, 0) is 22.5 Å². The predicted octanol–water partition coefficient (Wildman–Crippen LogP) is 2.54. The Bertz CT molecular complexity index is 753. The van der Waals surface area contributed by atoms with E-state index in [1.54, 1.807) is 35.3 Å². The third-order valence-corrected chi connectivity index (χ3v) is 4.12. The highest BCUT2D eigenvalue weighted by Crippen LogP contribution is 2.19. The molecular weight excluding hydrogens is 324 g/mol. The molecule has 2 heterocycles. The van der Waals surface area contributed by atoms with Gasteiger partial charge in [-0.2, -0.15) is 5.10 Å². The molecule has 8 nitrogen and oxygen atoms in total. The van der Waals surface area contributed by atoms with Crippen molar-refractivity contribution in [3.63, 3.8) is 0 Å². The van der Waals surface area contributed by atoms with Crippen molar-refractivity contribution in [3.8, 4) is 0 Å². The number of nitrogens with zero attached hydrogens (tertiary/aromatic N) is 3. The summed E-state index contributed by atoms with van der Waals surface area (Å²) >= 11 is 0. The smallest absolute Gasteiger partial charge is 0.273 e. The van der Waals surface area contributed by atoms with Crippen LogP contribution in [0.2, 0.25) is 0 Å². The van der Waals surface area contributed by atoms with E-state index in [0.29, 0.717) is 17.8 Å². The number of para-hydroxylation sites is 1. The number of carbonyl (C=O) groups is 1. The highest BCUT2D eigenvalue weighted by Gasteiger charge is 2.17. The van der Waals surface area contributed by atoms with Gasteiger partial charge in [-0.1, -0.05) is 18.2 Å². The average Bonchev–Trinajstić information content (AvgIpc) is 3.02. The van der Waals surface area contributed by atoms with Gasteiger partial charge in [-0.05, 0) is 19.3 Å². The maximum Gasteiger partial charge on any atom is 0.273 e. The number of hydrogen-bond acceptors (Lipinski definition) is 5. The number of nitrogens with one attached hydrogen (secondary N) is 1. The van der Waals surface area contributed by atoms with Gasteiger partial charge in [-0.15, -0.1) is 0 Å². The zero-order valence-electron chi connectivity index (χ0n) is 13.8. The van der Waals surface area contributed by atoms with E-state index in [2.05, 4.69) is 10.4 Å². The van der Waals surface area contributed by atoms with Gasteiger partial charge in [0.25, 0.3) is 5.69 Å². The minimum atomic E-state index is -0.481. The zero-order valence-corrected chi connectivity index (χ0v) is 13.8. The summed E-state index contributed by atoms with van der Waals surface area (Å²) < 4.78 is 7.42. The SMILES string of the molecule is O=C(Cc1ccccc1[N+](=O)[O-])Nc1cnn(CC2CCCCO2)c1. The lowest BCUT2D eigenvalue weighted by Crippen LogP contribution is -2.24. The fourth-order valence-electron chi connectivity index (χ4n) is 2.90. The second kappa shape index (κ2) is 7.89. The van der Waals surface area contributed by atoms with Crippen molar-refractivity contribution in [1.29, 1.82) is 0 Å². The molecule has 25 heavy (non-hydrogen) atoms. The molecule has 1 aliphatic heterocycles. The Kier molecular flexibility index (Phi) is 5.39. The molecule has 0 saturated carbocycles. The van der Waals surface area contributed by atoms with E-state index in [1.165, 1.54) is 6.07 Å². The largest absolute Gasteiger partial charge is 0.376 e. The molecule has 0 bridgehead atoms. The summed E-state index contributed by atoms with van der Waals surface area (Å²) in [5, 5.41) is 18.0. The van der Waals surface area contributed by atoms with Gasteiger partial charge in [0.2, 0.25) is 5.91 Å². The van der Waals surface area contributed by atoms with Crippen molar-refractivity contribution < 1.29 is 14.5 Å². The molecule has 1 amide bonds. The van der Waals surface area contributed by atoms with E-state index >= 15 is 0 Å². The molecule has 132 valence electrons.